The molecule has 4 rings (SSSR count). The van der Waals surface area contributed by atoms with Crippen LogP contribution in [-0.2, 0) is 22.9 Å². The Hall–Kier alpha value is -2.67. The van der Waals surface area contributed by atoms with Crippen molar-refractivity contribution in [1.29, 1.82) is 0 Å². The molecule has 25 heavy (non-hydrogen) atoms. The van der Waals surface area contributed by atoms with Gasteiger partial charge in [0.25, 0.3) is 10.0 Å². The summed E-state index contributed by atoms with van der Waals surface area (Å²) in [5.74, 6) is 0.268. The van der Waals surface area contributed by atoms with Crippen LogP contribution in [0.2, 0.25) is 0 Å². The maximum Gasteiger partial charge on any atom is 0.263 e. The fourth-order valence-corrected chi connectivity index (χ4v) is 4.17. The molecule has 128 valence electrons. The molecule has 0 fully saturated rings. The molecule has 6 nitrogen and oxygen atoms in total. The molecule has 0 unspecified atom stereocenters. The van der Waals surface area contributed by atoms with E-state index in [1.807, 2.05) is 18.2 Å². The Morgan fingerprint density at radius 2 is 1.72 bits per heavy atom. The molecule has 0 saturated carbocycles. The minimum Gasteiger partial charge on any atom is -0.276 e. The number of anilines is 1. The Bertz CT molecular complexity index is 997. The van der Waals surface area contributed by atoms with Crippen LogP contribution >= 0.6 is 0 Å². The third-order valence-electron chi connectivity index (χ3n) is 4.44. The lowest BCUT2D eigenvalue weighted by atomic mass is 9.92. The molecule has 2 N–H and O–H groups in total. The van der Waals surface area contributed by atoms with Gasteiger partial charge in [-0.05, 0) is 61.1 Å². The van der Waals surface area contributed by atoms with Crippen LogP contribution in [0.25, 0.3) is 11.3 Å². The number of pyridine rings is 1. The van der Waals surface area contributed by atoms with Crippen LogP contribution in [0, 0.1) is 0 Å². The number of sulfonamides is 1. The summed E-state index contributed by atoms with van der Waals surface area (Å²) in [5, 5.41) is 6.90. The van der Waals surface area contributed by atoms with Crippen LogP contribution in [0.3, 0.4) is 0 Å². The number of fused-ring (bicyclic) bond motifs is 1. The van der Waals surface area contributed by atoms with Crippen LogP contribution in [0.5, 0.6) is 0 Å². The molecule has 1 aliphatic carbocycles. The number of benzene rings is 1. The van der Waals surface area contributed by atoms with E-state index in [0.29, 0.717) is 0 Å². The fraction of sp³-hybridized carbons (Fsp3) is 0.222. The standard InChI is InChI=1S/C18H18N4O2S/c23-25(24,16-6-5-13-3-1-2-4-15(13)11-16)22-18-12-17(20-21-18)14-7-9-19-10-8-14/h5-12H,1-4H2,(H2,20,21,22). The van der Waals surface area contributed by atoms with Gasteiger partial charge in [0.2, 0.25) is 0 Å². The summed E-state index contributed by atoms with van der Waals surface area (Å²) in [6, 6.07) is 10.7. The molecule has 0 spiro atoms. The quantitative estimate of drug-likeness (QED) is 0.753. The molecule has 2 heterocycles. The predicted octanol–water partition coefficient (Wildman–Crippen LogP) is 3.15. The summed E-state index contributed by atoms with van der Waals surface area (Å²) in [6.07, 6.45) is 7.59. The van der Waals surface area contributed by atoms with Gasteiger partial charge >= 0.3 is 0 Å². The second kappa shape index (κ2) is 6.33. The number of aromatic amines is 1. The van der Waals surface area contributed by atoms with E-state index in [1.54, 1.807) is 30.6 Å². The molecule has 0 amide bonds. The lowest BCUT2D eigenvalue weighted by Crippen LogP contribution is -2.14. The van der Waals surface area contributed by atoms with E-state index in [9.17, 15) is 8.42 Å². The number of nitrogens with one attached hydrogen (secondary N) is 2. The number of rotatable bonds is 4. The van der Waals surface area contributed by atoms with Crippen LogP contribution < -0.4 is 4.72 Å². The molecule has 0 radical (unpaired) electrons. The molecular formula is C18H18N4O2S. The van der Waals surface area contributed by atoms with Crippen molar-refractivity contribution in [2.45, 2.75) is 30.6 Å². The zero-order valence-electron chi connectivity index (χ0n) is 13.6. The average molecular weight is 354 g/mol. The van der Waals surface area contributed by atoms with Gasteiger partial charge in [-0.1, -0.05) is 6.07 Å². The Labute approximate surface area is 146 Å². The highest BCUT2D eigenvalue weighted by Gasteiger charge is 2.19. The van der Waals surface area contributed by atoms with Gasteiger partial charge in [0.1, 0.15) is 0 Å². The molecular weight excluding hydrogens is 336 g/mol. The highest BCUT2D eigenvalue weighted by atomic mass is 32.2. The molecule has 3 aromatic rings. The number of hydrogen-bond acceptors (Lipinski definition) is 4. The Morgan fingerprint density at radius 1 is 0.960 bits per heavy atom. The molecule has 0 bridgehead atoms. The van der Waals surface area contributed by atoms with E-state index in [2.05, 4.69) is 19.9 Å². The number of aromatic nitrogens is 3. The number of aryl methyl sites for hydroxylation is 2. The summed E-state index contributed by atoms with van der Waals surface area (Å²) in [5.41, 5.74) is 4.01. The lowest BCUT2D eigenvalue weighted by molar-refractivity contribution is 0.600. The van der Waals surface area contributed by atoms with Crippen LogP contribution in [0.4, 0.5) is 5.82 Å². The van der Waals surface area contributed by atoms with E-state index in [1.165, 1.54) is 12.0 Å². The van der Waals surface area contributed by atoms with Crippen molar-refractivity contribution in [3.8, 4) is 11.3 Å². The summed E-state index contributed by atoms with van der Waals surface area (Å²) in [6.45, 7) is 0. The molecule has 2 aromatic heterocycles. The Kier molecular flexibility index (Phi) is 4.01. The highest BCUT2D eigenvalue weighted by Crippen LogP contribution is 2.26. The zero-order valence-corrected chi connectivity index (χ0v) is 14.4. The molecule has 0 atom stereocenters. The second-order valence-corrected chi connectivity index (χ2v) is 7.83. The van der Waals surface area contributed by atoms with Crippen molar-refractivity contribution in [2.24, 2.45) is 0 Å². The van der Waals surface area contributed by atoms with Crippen molar-refractivity contribution in [2.75, 3.05) is 4.72 Å². The number of H-pyrrole nitrogens is 1. The first kappa shape index (κ1) is 15.8. The first-order valence-electron chi connectivity index (χ1n) is 8.22. The van der Waals surface area contributed by atoms with Gasteiger partial charge in [-0.15, -0.1) is 0 Å². The second-order valence-electron chi connectivity index (χ2n) is 6.15. The van der Waals surface area contributed by atoms with Gasteiger partial charge in [-0.2, -0.15) is 5.10 Å². The van der Waals surface area contributed by atoms with Crippen molar-refractivity contribution < 1.29 is 8.42 Å². The van der Waals surface area contributed by atoms with Gasteiger partial charge in [0.05, 0.1) is 10.6 Å². The first-order chi connectivity index (χ1) is 12.1. The van der Waals surface area contributed by atoms with Gasteiger partial charge in [-0.3, -0.25) is 14.8 Å². The Balaban J connectivity index is 1.59. The molecule has 0 aliphatic heterocycles. The summed E-state index contributed by atoms with van der Waals surface area (Å²) in [7, 11) is -3.66. The molecule has 1 aliphatic rings. The van der Waals surface area contributed by atoms with E-state index < -0.39 is 10.0 Å². The first-order valence-corrected chi connectivity index (χ1v) is 9.70. The SMILES string of the molecule is O=S(=O)(Nc1cc(-c2ccncc2)[nH]n1)c1ccc2c(c1)CCCC2. The summed E-state index contributed by atoms with van der Waals surface area (Å²) < 4.78 is 27.9. The van der Waals surface area contributed by atoms with Gasteiger partial charge < -0.3 is 0 Å². The monoisotopic (exact) mass is 354 g/mol. The minimum atomic E-state index is -3.66. The smallest absolute Gasteiger partial charge is 0.263 e. The maximum atomic E-state index is 12.7. The largest absolute Gasteiger partial charge is 0.276 e. The zero-order chi connectivity index (χ0) is 17.3. The minimum absolute atomic E-state index is 0.268. The van der Waals surface area contributed by atoms with Gasteiger partial charge in [0, 0.05) is 24.0 Å². The van der Waals surface area contributed by atoms with Crippen molar-refractivity contribution in [1.82, 2.24) is 15.2 Å². The fourth-order valence-electron chi connectivity index (χ4n) is 3.13. The third kappa shape index (κ3) is 3.28. The van der Waals surface area contributed by atoms with Crippen LogP contribution in [-0.4, -0.2) is 23.6 Å². The highest BCUT2D eigenvalue weighted by molar-refractivity contribution is 7.92. The third-order valence-corrected chi connectivity index (χ3v) is 5.79. The van der Waals surface area contributed by atoms with E-state index >= 15 is 0 Å². The summed E-state index contributed by atoms with van der Waals surface area (Å²) >= 11 is 0. The van der Waals surface area contributed by atoms with E-state index in [-0.39, 0.29) is 10.7 Å². The maximum absolute atomic E-state index is 12.7. The van der Waals surface area contributed by atoms with Crippen molar-refractivity contribution >= 4 is 15.8 Å². The number of nitrogens with zero attached hydrogens (tertiary/aromatic N) is 2. The van der Waals surface area contributed by atoms with Crippen LogP contribution in [0.1, 0.15) is 24.0 Å². The van der Waals surface area contributed by atoms with Crippen molar-refractivity contribution in [3.05, 3.63) is 59.9 Å². The normalized spacial score (nSPS) is 14.1. The molecule has 1 aromatic carbocycles. The molecule has 7 heteroatoms. The molecule has 0 saturated heterocycles. The van der Waals surface area contributed by atoms with Gasteiger partial charge in [-0.25, -0.2) is 8.42 Å². The van der Waals surface area contributed by atoms with E-state index in [4.69, 9.17) is 0 Å². The van der Waals surface area contributed by atoms with Gasteiger partial charge in [0.15, 0.2) is 5.82 Å². The topological polar surface area (TPSA) is 87.7 Å². The van der Waals surface area contributed by atoms with Crippen molar-refractivity contribution in [3.63, 3.8) is 0 Å². The van der Waals surface area contributed by atoms with E-state index in [0.717, 1.165) is 36.1 Å². The summed E-state index contributed by atoms with van der Waals surface area (Å²) in [4.78, 5) is 4.25. The Morgan fingerprint density at radius 3 is 2.52 bits per heavy atom. The number of hydrogen-bond donors (Lipinski definition) is 2. The predicted molar refractivity (Wildman–Crippen MR) is 95.7 cm³/mol. The average Bonchev–Trinajstić information content (AvgIpc) is 3.10. The van der Waals surface area contributed by atoms with Crippen LogP contribution in [0.15, 0.2) is 53.7 Å². The lowest BCUT2D eigenvalue weighted by Gasteiger charge is -2.16.